The number of nitrogens with two attached hydrogens (primary N) is 1. The third-order valence-corrected chi connectivity index (χ3v) is 5.41. The van der Waals surface area contributed by atoms with E-state index < -0.39 is 0 Å². The van der Waals surface area contributed by atoms with E-state index in [1.807, 2.05) is 19.1 Å². The predicted molar refractivity (Wildman–Crippen MR) is 90.4 cm³/mol. The summed E-state index contributed by atoms with van der Waals surface area (Å²) in [6.07, 6.45) is 1.65. The Morgan fingerprint density at radius 2 is 2.14 bits per heavy atom. The van der Waals surface area contributed by atoms with Crippen LogP contribution in [0.5, 0.6) is 0 Å². The maximum atomic E-state index is 12.5. The number of nitrogens with zero attached hydrogens (tertiary/aromatic N) is 1. The number of primary amides is 1. The highest BCUT2D eigenvalue weighted by Crippen LogP contribution is 2.24. The van der Waals surface area contributed by atoms with E-state index in [9.17, 15) is 9.59 Å². The predicted octanol–water partition coefficient (Wildman–Crippen LogP) is 2.34. The van der Waals surface area contributed by atoms with Crippen molar-refractivity contribution >= 4 is 23.6 Å². The number of hydrogen-bond donors (Lipinski definition) is 1. The van der Waals surface area contributed by atoms with Crippen molar-refractivity contribution in [3.63, 3.8) is 0 Å². The van der Waals surface area contributed by atoms with Gasteiger partial charge in [-0.05, 0) is 37.8 Å². The first-order valence-electron chi connectivity index (χ1n) is 7.73. The summed E-state index contributed by atoms with van der Waals surface area (Å²) in [7, 11) is 0. The monoisotopic (exact) mass is 320 g/mol. The molecule has 2 rings (SSSR count). The lowest BCUT2D eigenvalue weighted by Crippen LogP contribution is -2.46. The number of rotatable bonds is 5. The Balaban J connectivity index is 1.89. The van der Waals surface area contributed by atoms with Gasteiger partial charge in [-0.2, -0.15) is 0 Å². The van der Waals surface area contributed by atoms with E-state index in [0.29, 0.717) is 6.54 Å². The van der Waals surface area contributed by atoms with Gasteiger partial charge in [-0.15, -0.1) is 11.8 Å². The van der Waals surface area contributed by atoms with E-state index in [0.717, 1.165) is 25.1 Å². The lowest BCUT2D eigenvalue weighted by atomic mass is 9.97. The molecule has 1 saturated heterocycles. The Labute approximate surface area is 136 Å². The number of carbonyl (C=O) groups is 2. The Bertz CT molecular complexity index is 547. The quantitative estimate of drug-likeness (QED) is 0.906. The van der Waals surface area contributed by atoms with Crippen molar-refractivity contribution in [2.24, 2.45) is 11.7 Å². The Morgan fingerprint density at radius 3 is 2.82 bits per heavy atom. The van der Waals surface area contributed by atoms with Crippen LogP contribution in [0.4, 0.5) is 0 Å². The zero-order valence-corrected chi connectivity index (χ0v) is 14.1. The van der Waals surface area contributed by atoms with Crippen LogP contribution in [0.3, 0.4) is 0 Å². The van der Waals surface area contributed by atoms with Crippen LogP contribution in [-0.4, -0.2) is 35.1 Å². The molecule has 1 aliphatic heterocycles. The van der Waals surface area contributed by atoms with E-state index in [4.69, 9.17) is 5.73 Å². The van der Waals surface area contributed by atoms with Gasteiger partial charge in [0.05, 0.1) is 11.2 Å². The van der Waals surface area contributed by atoms with Crippen molar-refractivity contribution in [2.45, 2.75) is 37.7 Å². The summed E-state index contributed by atoms with van der Waals surface area (Å²) in [4.78, 5) is 25.6. The molecule has 0 aliphatic carbocycles. The molecule has 22 heavy (non-hydrogen) atoms. The number of thioether (sulfide) groups is 1. The molecule has 0 aromatic heterocycles. The maximum Gasteiger partial charge on any atom is 0.235 e. The molecule has 120 valence electrons. The van der Waals surface area contributed by atoms with Crippen molar-refractivity contribution < 1.29 is 9.59 Å². The number of piperidine rings is 1. The van der Waals surface area contributed by atoms with E-state index in [1.165, 1.54) is 11.1 Å². The minimum atomic E-state index is -0.294. The van der Waals surface area contributed by atoms with Gasteiger partial charge in [0.15, 0.2) is 0 Å². The number of likely N-dealkylation sites (tertiary alicyclic amines) is 1. The van der Waals surface area contributed by atoms with Crippen molar-refractivity contribution in [2.75, 3.05) is 13.1 Å². The highest BCUT2D eigenvalue weighted by Gasteiger charge is 2.29. The summed E-state index contributed by atoms with van der Waals surface area (Å²) >= 11 is 1.65. The second-order valence-corrected chi connectivity index (χ2v) is 7.23. The number of aryl methyl sites for hydroxylation is 1. The summed E-state index contributed by atoms with van der Waals surface area (Å²) in [6.45, 7) is 5.24. The first kappa shape index (κ1) is 16.9. The highest BCUT2D eigenvalue weighted by molar-refractivity contribution is 7.99. The summed E-state index contributed by atoms with van der Waals surface area (Å²) in [5.74, 6) is 0.459. The molecule has 2 amide bonds. The molecule has 5 heteroatoms. The SMILES string of the molecule is Cc1ccccc1CSC(C)C(=O)N1CCCC(C(N)=O)C1. The van der Waals surface area contributed by atoms with Gasteiger partial charge in [-0.25, -0.2) is 0 Å². The zero-order valence-electron chi connectivity index (χ0n) is 13.2. The van der Waals surface area contributed by atoms with Gasteiger partial charge in [0.1, 0.15) is 0 Å². The van der Waals surface area contributed by atoms with Gasteiger partial charge in [-0.3, -0.25) is 9.59 Å². The average molecular weight is 320 g/mol. The fourth-order valence-corrected chi connectivity index (χ4v) is 3.77. The molecule has 0 bridgehead atoms. The third-order valence-electron chi connectivity index (χ3n) is 4.23. The van der Waals surface area contributed by atoms with Crippen molar-refractivity contribution in [1.29, 1.82) is 0 Å². The Hall–Kier alpha value is -1.49. The van der Waals surface area contributed by atoms with Crippen molar-refractivity contribution in [3.05, 3.63) is 35.4 Å². The van der Waals surface area contributed by atoms with Gasteiger partial charge >= 0.3 is 0 Å². The molecular formula is C17H24N2O2S. The van der Waals surface area contributed by atoms with Crippen LogP contribution in [0.15, 0.2) is 24.3 Å². The average Bonchev–Trinajstić information content (AvgIpc) is 2.53. The summed E-state index contributed by atoms with van der Waals surface area (Å²) in [5.41, 5.74) is 7.89. The van der Waals surface area contributed by atoms with Crippen molar-refractivity contribution in [3.8, 4) is 0 Å². The molecule has 4 nitrogen and oxygen atoms in total. The number of carbonyl (C=O) groups excluding carboxylic acids is 2. The minimum Gasteiger partial charge on any atom is -0.369 e. The normalized spacial score (nSPS) is 19.7. The van der Waals surface area contributed by atoms with E-state index >= 15 is 0 Å². The molecule has 0 radical (unpaired) electrons. The maximum absolute atomic E-state index is 12.5. The van der Waals surface area contributed by atoms with Gasteiger partial charge in [0, 0.05) is 18.8 Å². The van der Waals surface area contributed by atoms with Gasteiger partial charge in [-0.1, -0.05) is 24.3 Å². The molecule has 1 aliphatic rings. The molecule has 1 aromatic rings. The second kappa shape index (κ2) is 7.68. The molecule has 1 aromatic carbocycles. The number of amides is 2. The van der Waals surface area contributed by atoms with E-state index in [-0.39, 0.29) is 23.0 Å². The van der Waals surface area contributed by atoms with Crippen molar-refractivity contribution in [1.82, 2.24) is 4.90 Å². The van der Waals surface area contributed by atoms with E-state index in [2.05, 4.69) is 19.1 Å². The first-order chi connectivity index (χ1) is 10.5. The highest BCUT2D eigenvalue weighted by atomic mass is 32.2. The lowest BCUT2D eigenvalue weighted by molar-refractivity contribution is -0.134. The Kier molecular flexibility index (Phi) is 5.89. The number of benzene rings is 1. The van der Waals surface area contributed by atoms with Crippen LogP contribution in [0.25, 0.3) is 0 Å². The zero-order chi connectivity index (χ0) is 16.1. The standard InChI is InChI=1S/C17H24N2O2S/c1-12-6-3-4-7-15(12)11-22-13(2)17(21)19-9-5-8-14(10-19)16(18)20/h3-4,6-7,13-14H,5,8-11H2,1-2H3,(H2,18,20). The van der Waals surface area contributed by atoms with Gasteiger partial charge in [0.25, 0.3) is 0 Å². The molecule has 0 saturated carbocycles. The molecular weight excluding hydrogens is 296 g/mol. The van der Waals surface area contributed by atoms with Crippen LogP contribution in [0.2, 0.25) is 0 Å². The minimum absolute atomic E-state index is 0.105. The topological polar surface area (TPSA) is 63.4 Å². The molecule has 1 fully saturated rings. The lowest BCUT2D eigenvalue weighted by Gasteiger charge is -2.32. The molecule has 2 N–H and O–H groups in total. The molecule has 2 unspecified atom stereocenters. The second-order valence-electron chi connectivity index (χ2n) is 5.91. The van der Waals surface area contributed by atoms with Crippen LogP contribution in [0, 0.1) is 12.8 Å². The van der Waals surface area contributed by atoms with E-state index in [1.54, 1.807) is 16.7 Å². The van der Waals surface area contributed by atoms with Crippen LogP contribution < -0.4 is 5.73 Å². The smallest absolute Gasteiger partial charge is 0.235 e. The van der Waals surface area contributed by atoms with Gasteiger partial charge < -0.3 is 10.6 Å². The van der Waals surface area contributed by atoms with Crippen LogP contribution >= 0.6 is 11.8 Å². The first-order valence-corrected chi connectivity index (χ1v) is 8.78. The third kappa shape index (κ3) is 4.26. The molecule has 2 atom stereocenters. The summed E-state index contributed by atoms with van der Waals surface area (Å²) in [6, 6.07) is 8.24. The van der Waals surface area contributed by atoms with Crippen LogP contribution in [0.1, 0.15) is 30.9 Å². The Morgan fingerprint density at radius 1 is 1.41 bits per heavy atom. The van der Waals surface area contributed by atoms with Crippen LogP contribution in [-0.2, 0) is 15.3 Å². The number of hydrogen-bond acceptors (Lipinski definition) is 3. The fourth-order valence-electron chi connectivity index (χ4n) is 2.72. The fraction of sp³-hybridized carbons (Fsp3) is 0.529. The van der Waals surface area contributed by atoms with Gasteiger partial charge in [0.2, 0.25) is 11.8 Å². The largest absolute Gasteiger partial charge is 0.369 e. The summed E-state index contributed by atoms with van der Waals surface area (Å²) < 4.78 is 0. The molecule has 0 spiro atoms. The summed E-state index contributed by atoms with van der Waals surface area (Å²) in [5, 5.41) is -0.105. The molecule has 1 heterocycles.